The molecule has 1 aliphatic rings. The Balaban J connectivity index is 1.70. The monoisotopic (exact) mass is 397 g/mol. The van der Waals surface area contributed by atoms with Crippen molar-refractivity contribution in [2.45, 2.75) is 19.4 Å². The first-order valence-corrected chi connectivity index (χ1v) is 9.08. The largest absolute Gasteiger partial charge is 0.450 e. The fourth-order valence-electron chi connectivity index (χ4n) is 3.48. The minimum Gasteiger partial charge on any atom is -0.383 e. The number of nitrogen functional groups attached to an aromatic ring is 1. The summed E-state index contributed by atoms with van der Waals surface area (Å²) in [6.45, 7) is 3.66. The lowest BCUT2D eigenvalue weighted by Crippen LogP contribution is -2.26. The van der Waals surface area contributed by atoms with Gasteiger partial charge in [0, 0.05) is 47.0 Å². The van der Waals surface area contributed by atoms with Crippen LogP contribution in [-0.2, 0) is 4.94 Å². The number of anilines is 3. The SMILES string of the molecule is Cc1cc(N2CC[C@H](N)C2)ncc1-c1cc2cc(NC(=O)OF)ncc2c(N)n1. The Labute approximate surface area is 165 Å². The molecular formula is C19H20FN7O2. The van der Waals surface area contributed by atoms with E-state index in [1.54, 1.807) is 12.3 Å². The Morgan fingerprint density at radius 2 is 2.14 bits per heavy atom. The number of nitrogens with one attached hydrogen (secondary N) is 1. The van der Waals surface area contributed by atoms with Gasteiger partial charge in [-0.1, -0.05) is 0 Å². The molecular weight excluding hydrogens is 377 g/mol. The Morgan fingerprint density at radius 1 is 1.31 bits per heavy atom. The molecule has 1 atom stereocenters. The van der Waals surface area contributed by atoms with Crippen molar-refractivity contribution in [3.63, 3.8) is 0 Å². The topological polar surface area (TPSA) is 132 Å². The van der Waals surface area contributed by atoms with Crippen molar-refractivity contribution in [3.05, 3.63) is 36.2 Å². The number of rotatable bonds is 3. The molecule has 0 unspecified atom stereocenters. The second-order valence-electron chi connectivity index (χ2n) is 7.03. The molecule has 4 rings (SSSR count). The molecule has 9 nitrogen and oxygen atoms in total. The van der Waals surface area contributed by atoms with Crippen LogP contribution in [0.15, 0.2) is 30.6 Å². The number of pyridine rings is 3. The second kappa shape index (κ2) is 7.47. The van der Waals surface area contributed by atoms with Gasteiger partial charge in [-0.05, 0) is 42.5 Å². The maximum atomic E-state index is 12.0. The normalized spacial score (nSPS) is 16.2. The van der Waals surface area contributed by atoms with Crippen LogP contribution in [0.3, 0.4) is 0 Å². The predicted molar refractivity (Wildman–Crippen MR) is 108 cm³/mol. The minimum absolute atomic E-state index is 0.132. The molecule has 4 heterocycles. The van der Waals surface area contributed by atoms with Crippen LogP contribution in [0.5, 0.6) is 0 Å². The first kappa shape index (κ1) is 18.8. The maximum Gasteiger partial charge on any atom is 0.450 e. The molecule has 1 saturated heterocycles. The van der Waals surface area contributed by atoms with Gasteiger partial charge in [-0.2, -0.15) is 0 Å². The number of fused-ring (bicyclic) bond motifs is 1. The summed E-state index contributed by atoms with van der Waals surface area (Å²) in [6, 6.07) is 5.56. The van der Waals surface area contributed by atoms with Crippen molar-refractivity contribution in [2.24, 2.45) is 5.73 Å². The molecule has 0 radical (unpaired) electrons. The highest BCUT2D eigenvalue weighted by atomic mass is 19.3. The third kappa shape index (κ3) is 3.74. The Kier molecular flexibility index (Phi) is 4.85. The number of aromatic nitrogens is 3. The highest BCUT2D eigenvalue weighted by molar-refractivity contribution is 5.96. The van der Waals surface area contributed by atoms with E-state index < -0.39 is 6.09 Å². The van der Waals surface area contributed by atoms with Gasteiger partial charge in [0.1, 0.15) is 17.5 Å². The van der Waals surface area contributed by atoms with E-state index in [2.05, 4.69) is 30.1 Å². The Bertz CT molecular complexity index is 1090. The zero-order valence-electron chi connectivity index (χ0n) is 15.7. The van der Waals surface area contributed by atoms with E-state index in [1.807, 2.05) is 19.1 Å². The van der Waals surface area contributed by atoms with Crippen LogP contribution in [0.25, 0.3) is 22.0 Å². The molecule has 3 aromatic heterocycles. The summed E-state index contributed by atoms with van der Waals surface area (Å²) in [5.41, 5.74) is 14.6. The van der Waals surface area contributed by atoms with Gasteiger partial charge in [0.25, 0.3) is 0 Å². The van der Waals surface area contributed by atoms with Crippen LogP contribution in [-0.4, -0.2) is 40.2 Å². The maximum absolute atomic E-state index is 12.0. The molecule has 0 aromatic carbocycles. The molecule has 1 fully saturated rings. The average Bonchev–Trinajstić information content (AvgIpc) is 3.13. The standard InChI is InChI=1S/C19H20FN7O2/c1-10-4-17(27-3-2-12(21)9-27)24-7-13(10)15-5-11-6-16(26-19(28)29-20)23-8-14(11)18(22)25-15/h4-8,12H,2-3,9,21H2,1H3,(H2,22,25)(H,23,26,28)/t12-/m0/s1. The predicted octanol–water partition coefficient (Wildman–Crippen LogP) is 2.55. The zero-order chi connectivity index (χ0) is 20.5. The number of carbonyl (C=O) groups is 1. The van der Waals surface area contributed by atoms with Gasteiger partial charge < -0.3 is 16.4 Å². The van der Waals surface area contributed by atoms with E-state index >= 15 is 0 Å². The van der Waals surface area contributed by atoms with Gasteiger partial charge in [-0.15, -0.1) is 0 Å². The molecule has 0 bridgehead atoms. The molecule has 5 N–H and O–H groups in total. The van der Waals surface area contributed by atoms with Gasteiger partial charge >= 0.3 is 6.09 Å². The van der Waals surface area contributed by atoms with Crippen molar-refractivity contribution in [3.8, 4) is 11.3 Å². The van der Waals surface area contributed by atoms with E-state index in [4.69, 9.17) is 11.5 Å². The van der Waals surface area contributed by atoms with Gasteiger partial charge in [0.05, 0.1) is 5.69 Å². The van der Waals surface area contributed by atoms with Crippen molar-refractivity contribution in [1.29, 1.82) is 0 Å². The number of nitrogens with zero attached hydrogens (tertiary/aromatic N) is 4. The van der Waals surface area contributed by atoms with Crippen molar-refractivity contribution in [1.82, 2.24) is 15.0 Å². The summed E-state index contributed by atoms with van der Waals surface area (Å²) in [4.78, 5) is 29.4. The summed E-state index contributed by atoms with van der Waals surface area (Å²) in [5, 5.41) is 3.48. The molecule has 0 spiro atoms. The molecule has 0 saturated carbocycles. The van der Waals surface area contributed by atoms with E-state index in [0.29, 0.717) is 22.3 Å². The van der Waals surface area contributed by atoms with Crippen molar-refractivity contribution >= 4 is 34.3 Å². The Hall–Kier alpha value is -3.53. The first-order valence-electron chi connectivity index (χ1n) is 9.08. The zero-order valence-corrected chi connectivity index (χ0v) is 15.7. The number of nitrogens with two attached hydrogens (primary N) is 2. The summed E-state index contributed by atoms with van der Waals surface area (Å²) in [6.07, 6.45) is 2.92. The lowest BCUT2D eigenvalue weighted by molar-refractivity contribution is -0.0544. The van der Waals surface area contributed by atoms with Crippen LogP contribution in [0.2, 0.25) is 0 Å². The number of halogens is 1. The number of amides is 1. The third-order valence-electron chi connectivity index (χ3n) is 4.97. The molecule has 3 aromatic rings. The van der Waals surface area contributed by atoms with Crippen LogP contribution in [0.1, 0.15) is 12.0 Å². The molecule has 10 heteroatoms. The highest BCUT2D eigenvalue weighted by Gasteiger charge is 2.21. The van der Waals surface area contributed by atoms with E-state index in [1.165, 1.54) is 6.20 Å². The van der Waals surface area contributed by atoms with Crippen LogP contribution >= 0.6 is 0 Å². The van der Waals surface area contributed by atoms with E-state index in [-0.39, 0.29) is 11.9 Å². The van der Waals surface area contributed by atoms with Gasteiger partial charge in [0.15, 0.2) is 0 Å². The first-order chi connectivity index (χ1) is 13.9. The lowest BCUT2D eigenvalue weighted by Gasteiger charge is -2.18. The van der Waals surface area contributed by atoms with Crippen molar-refractivity contribution in [2.75, 3.05) is 29.0 Å². The van der Waals surface area contributed by atoms with Crippen LogP contribution in [0.4, 0.5) is 26.8 Å². The van der Waals surface area contributed by atoms with Crippen LogP contribution < -0.4 is 21.7 Å². The number of aryl methyl sites for hydroxylation is 1. The highest BCUT2D eigenvalue weighted by Crippen LogP contribution is 2.30. The summed E-state index contributed by atoms with van der Waals surface area (Å²) >= 11 is 0. The van der Waals surface area contributed by atoms with Crippen molar-refractivity contribution < 1.29 is 14.3 Å². The molecule has 150 valence electrons. The fraction of sp³-hybridized carbons (Fsp3) is 0.263. The molecule has 1 amide bonds. The second-order valence-corrected chi connectivity index (χ2v) is 7.03. The Morgan fingerprint density at radius 3 is 2.83 bits per heavy atom. The third-order valence-corrected chi connectivity index (χ3v) is 4.97. The smallest absolute Gasteiger partial charge is 0.383 e. The lowest BCUT2D eigenvalue weighted by atomic mass is 10.1. The summed E-state index contributed by atoms with van der Waals surface area (Å²) in [5.74, 6) is 1.30. The van der Waals surface area contributed by atoms with Gasteiger partial charge in [-0.3, -0.25) is 5.32 Å². The summed E-state index contributed by atoms with van der Waals surface area (Å²) in [7, 11) is 0. The fourth-order valence-corrected chi connectivity index (χ4v) is 3.48. The number of hydrogen-bond donors (Lipinski definition) is 3. The van der Waals surface area contributed by atoms with E-state index in [0.717, 1.165) is 36.5 Å². The average molecular weight is 397 g/mol. The quantitative estimate of drug-likeness (QED) is 0.614. The minimum atomic E-state index is -1.25. The van der Waals surface area contributed by atoms with E-state index in [9.17, 15) is 9.32 Å². The molecule has 0 aliphatic carbocycles. The van der Waals surface area contributed by atoms with Crippen LogP contribution in [0, 0.1) is 6.92 Å². The number of carbonyl (C=O) groups excluding carboxylic acids is 1. The molecule has 1 aliphatic heterocycles. The number of hydrogen-bond acceptors (Lipinski definition) is 8. The van der Waals surface area contributed by atoms with Gasteiger partial charge in [-0.25, -0.2) is 24.7 Å². The molecule has 29 heavy (non-hydrogen) atoms. The summed E-state index contributed by atoms with van der Waals surface area (Å²) < 4.78 is 12.0. The van der Waals surface area contributed by atoms with Gasteiger partial charge in [0.2, 0.25) is 0 Å².